The summed E-state index contributed by atoms with van der Waals surface area (Å²) in [7, 11) is 0. The molecule has 3 aromatic rings. The number of rotatable bonds is 2. The number of nitrogens with zero attached hydrogens (tertiary/aromatic N) is 2. The minimum atomic E-state index is -0.385. The summed E-state index contributed by atoms with van der Waals surface area (Å²) >= 11 is 0. The summed E-state index contributed by atoms with van der Waals surface area (Å²) in [5, 5.41) is 2.65. The number of carbonyl (C=O) groups excluding carboxylic acids is 1. The lowest BCUT2D eigenvalue weighted by Gasteiger charge is -2.05. The zero-order chi connectivity index (χ0) is 13.2. The largest absolute Gasteiger partial charge is 0.322 e. The van der Waals surface area contributed by atoms with E-state index >= 15 is 0 Å². The molecular weight excluding hydrogens is 245 g/mol. The first-order chi connectivity index (χ1) is 9.22. The summed E-state index contributed by atoms with van der Waals surface area (Å²) in [6.07, 6.45) is 5.07. The maximum absolute atomic E-state index is 13.0. The molecule has 0 fully saturated rings. The van der Waals surface area contributed by atoms with Crippen LogP contribution in [-0.4, -0.2) is 15.3 Å². The molecule has 4 nitrogen and oxygen atoms in total. The third-order valence-corrected chi connectivity index (χ3v) is 2.76. The molecule has 1 N–H and O–H groups in total. The van der Waals surface area contributed by atoms with Crippen molar-refractivity contribution in [2.75, 3.05) is 5.32 Å². The third-order valence-electron chi connectivity index (χ3n) is 2.76. The van der Waals surface area contributed by atoms with Crippen LogP contribution in [0.15, 0.2) is 55.1 Å². The van der Waals surface area contributed by atoms with Crippen LogP contribution in [0, 0.1) is 5.82 Å². The van der Waals surface area contributed by atoms with Crippen molar-refractivity contribution < 1.29 is 9.18 Å². The number of anilines is 1. The second kappa shape index (κ2) is 4.53. The van der Waals surface area contributed by atoms with Crippen molar-refractivity contribution in [1.29, 1.82) is 0 Å². The second-order valence-electron chi connectivity index (χ2n) is 4.11. The van der Waals surface area contributed by atoms with E-state index in [0.29, 0.717) is 11.3 Å². The Morgan fingerprint density at radius 3 is 3.00 bits per heavy atom. The molecule has 94 valence electrons. The number of nitrogens with one attached hydrogen (secondary N) is 1. The summed E-state index contributed by atoms with van der Waals surface area (Å²) in [6.45, 7) is 0. The van der Waals surface area contributed by atoms with E-state index in [-0.39, 0.29) is 11.7 Å². The highest BCUT2D eigenvalue weighted by Crippen LogP contribution is 2.12. The summed E-state index contributed by atoms with van der Waals surface area (Å²) in [5.41, 5.74) is 1.75. The van der Waals surface area contributed by atoms with Gasteiger partial charge in [0.2, 0.25) is 0 Å². The number of aromatic nitrogens is 2. The number of amides is 1. The van der Waals surface area contributed by atoms with E-state index in [1.54, 1.807) is 47.4 Å². The lowest BCUT2D eigenvalue weighted by atomic mass is 10.2. The Bertz CT molecular complexity index is 751. The molecule has 0 radical (unpaired) electrons. The monoisotopic (exact) mass is 255 g/mol. The molecule has 0 spiro atoms. The van der Waals surface area contributed by atoms with Crippen LogP contribution >= 0.6 is 0 Å². The van der Waals surface area contributed by atoms with Gasteiger partial charge in [0, 0.05) is 17.4 Å². The van der Waals surface area contributed by atoms with Gasteiger partial charge in [0.1, 0.15) is 5.82 Å². The van der Waals surface area contributed by atoms with Crippen molar-refractivity contribution in [2.24, 2.45) is 0 Å². The SMILES string of the molecule is O=C(Nc1cccc(F)c1)c1ccn2cncc2c1. The van der Waals surface area contributed by atoms with Crippen LogP contribution in [0.25, 0.3) is 5.52 Å². The Hall–Kier alpha value is -2.69. The average Bonchev–Trinajstić information content (AvgIpc) is 2.85. The van der Waals surface area contributed by atoms with E-state index in [2.05, 4.69) is 10.3 Å². The van der Waals surface area contributed by atoms with Crippen molar-refractivity contribution in [3.63, 3.8) is 0 Å². The number of imidazole rings is 1. The fourth-order valence-corrected chi connectivity index (χ4v) is 1.83. The standard InChI is InChI=1S/C14H10FN3O/c15-11-2-1-3-12(7-11)17-14(19)10-4-5-18-9-16-8-13(18)6-10/h1-9H,(H,17,19). The molecule has 1 aromatic carbocycles. The minimum absolute atomic E-state index is 0.283. The Labute approximate surface area is 108 Å². The molecule has 5 heteroatoms. The topological polar surface area (TPSA) is 46.4 Å². The fourth-order valence-electron chi connectivity index (χ4n) is 1.83. The maximum atomic E-state index is 13.0. The Morgan fingerprint density at radius 2 is 2.16 bits per heavy atom. The van der Waals surface area contributed by atoms with Gasteiger partial charge in [0.15, 0.2) is 0 Å². The highest BCUT2D eigenvalue weighted by atomic mass is 19.1. The first-order valence-corrected chi connectivity index (χ1v) is 5.71. The van der Waals surface area contributed by atoms with Gasteiger partial charge in [-0.2, -0.15) is 0 Å². The Kier molecular flexibility index (Phi) is 2.72. The van der Waals surface area contributed by atoms with Gasteiger partial charge in [-0.05, 0) is 30.3 Å². The van der Waals surface area contributed by atoms with Crippen molar-refractivity contribution in [3.8, 4) is 0 Å². The van der Waals surface area contributed by atoms with Gasteiger partial charge in [0.25, 0.3) is 5.91 Å². The smallest absolute Gasteiger partial charge is 0.255 e. The van der Waals surface area contributed by atoms with E-state index in [4.69, 9.17) is 0 Å². The van der Waals surface area contributed by atoms with Crippen molar-refractivity contribution in [1.82, 2.24) is 9.38 Å². The molecule has 2 aromatic heterocycles. The van der Waals surface area contributed by atoms with Crippen molar-refractivity contribution in [3.05, 3.63) is 66.5 Å². The first-order valence-electron chi connectivity index (χ1n) is 5.71. The fraction of sp³-hybridized carbons (Fsp3) is 0. The zero-order valence-electron chi connectivity index (χ0n) is 9.88. The predicted octanol–water partition coefficient (Wildman–Crippen LogP) is 2.73. The molecular formula is C14H10FN3O. The number of carbonyl (C=O) groups is 1. The number of hydrogen-bond donors (Lipinski definition) is 1. The second-order valence-corrected chi connectivity index (χ2v) is 4.11. The molecule has 19 heavy (non-hydrogen) atoms. The molecule has 0 saturated heterocycles. The van der Waals surface area contributed by atoms with Gasteiger partial charge in [-0.3, -0.25) is 4.79 Å². The van der Waals surface area contributed by atoms with Gasteiger partial charge < -0.3 is 9.72 Å². The normalized spacial score (nSPS) is 10.6. The van der Waals surface area contributed by atoms with Crippen molar-refractivity contribution in [2.45, 2.75) is 0 Å². The number of benzene rings is 1. The highest BCUT2D eigenvalue weighted by Gasteiger charge is 2.07. The molecule has 0 unspecified atom stereocenters. The van der Waals surface area contributed by atoms with Crippen LogP contribution in [-0.2, 0) is 0 Å². The van der Waals surface area contributed by atoms with Crippen LogP contribution in [0.4, 0.5) is 10.1 Å². The van der Waals surface area contributed by atoms with Gasteiger partial charge >= 0.3 is 0 Å². The Balaban J connectivity index is 1.87. The minimum Gasteiger partial charge on any atom is -0.322 e. The molecule has 0 aliphatic heterocycles. The lowest BCUT2D eigenvalue weighted by molar-refractivity contribution is 0.102. The number of fused-ring (bicyclic) bond motifs is 1. The average molecular weight is 255 g/mol. The van der Waals surface area contributed by atoms with E-state index in [1.807, 2.05) is 0 Å². The summed E-state index contributed by atoms with van der Waals surface area (Å²) < 4.78 is 14.8. The van der Waals surface area contributed by atoms with Crippen LogP contribution < -0.4 is 5.32 Å². The molecule has 0 saturated carbocycles. The van der Waals surface area contributed by atoms with E-state index in [0.717, 1.165) is 5.52 Å². The highest BCUT2D eigenvalue weighted by molar-refractivity contribution is 6.04. The first kappa shape index (κ1) is 11.4. The maximum Gasteiger partial charge on any atom is 0.255 e. The predicted molar refractivity (Wildman–Crippen MR) is 69.5 cm³/mol. The number of pyridine rings is 1. The van der Waals surface area contributed by atoms with Gasteiger partial charge in [-0.15, -0.1) is 0 Å². The third kappa shape index (κ3) is 2.30. The van der Waals surface area contributed by atoms with E-state index < -0.39 is 0 Å². The van der Waals surface area contributed by atoms with Crippen LogP contribution in [0.1, 0.15) is 10.4 Å². The summed E-state index contributed by atoms with van der Waals surface area (Å²) in [4.78, 5) is 16.0. The molecule has 0 bridgehead atoms. The molecule has 0 aliphatic rings. The van der Waals surface area contributed by atoms with E-state index in [9.17, 15) is 9.18 Å². The number of halogens is 1. The van der Waals surface area contributed by atoms with E-state index in [1.165, 1.54) is 12.1 Å². The Morgan fingerprint density at radius 1 is 1.26 bits per heavy atom. The lowest BCUT2D eigenvalue weighted by Crippen LogP contribution is -2.12. The van der Waals surface area contributed by atoms with Gasteiger partial charge in [-0.1, -0.05) is 6.07 Å². The zero-order valence-corrected chi connectivity index (χ0v) is 9.88. The van der Waals surface area contributed by atoms with Crippen LogP contribution in [0.3, 0.4) is 0 Å². The molecule has 0 atom stereocenters. The summed E-state index contributed by atoms with van der Waals surface area (Å²) in [5.74, 6) is -0.668. The van der Waals surface area contributed by atoms with Crippen LogP contribution in [0.5, 0.6) is 0 Å². The number of hydrogen-bond acceptors (Lipinski definition) is 2. The van der Waals surface area contributed by atoms with Crippen LogP contribution in [0.2, 0.25) is 0 Å². The summed E-state index contributed by atoms with van der Waals surface area (Å²) in [6, 6.07) is 9.19. The van der Waals surface area contributed by atoms with Gasteiger partial charge in [0.05, 0.1) is 18.0 Å². The molecule has 1 amide bonds. The molecule has 3 rings (SSSR count). The van der Waals surface area contributed by atoms with Gasteiger partial charge in [-0.25, -0.2) is 9.37 Å². The molecule has 0 aliphatic carbocycles. The molecule has 2 heterocycles. The quantitative estimate of drug-likeness (QED) is 0.765. The van der Waals surface area contributed by atoms with Crippen molar-refractivity contribution >= 4 is 17.1 Å².